The van der Waals surface area contributed by atoms with Crippen molar-refractivity contribution in [3.8, 4) is 0 Å². The zero-order valence-corrected chi connectivity index (χ0v) is 12.1. The molecule has 21 heavy (non-hydrogen) atoms. The number of carbonyl (C=O) groups excluding carboxylic acids is 1. The summed E-state index contributed by atoms with van der Waals surface area (Å²) in [5, 5.41) is 13.2. The predicted octanol–water partition coefficient (Wildman–Crippen LogP) is 3.20. The molecule has 2 aromatic carbocycles. The second-order valence-electron chi connectivity index (χ2n) is 4.56. The number of nitrogens with one attached hydrogen (secondary N) is 1. The van der Waals surface area contributed by atoms with Crippen molar-refractivity contribution in [3.63, 3.8) is 0 Å². The Bertz CT molecular complexity index is 626. The topological polar surface area (TPSA) is 49.3 Å². The monoisotopic (exact) mass is 301 g/mol. The van der Waals surface area contributed by atoms with Crippen molar-refractivity contribution in [2.24, 2.45) is 0 Å². The van der Waals surface area contributed by atoms with Crippen molar-refractivity contribution in [2.45, 2.75) is 6.10 Å². The van der Waals surface area contributed by atoms with Crippen LogP contribution in [0.25, 0.3) is 6.08 Å². The van der Waals surface area contributed by atoms with E-state index in [0.29, 0.717) is 5.02 Å². The molecule has 0 fully saturated rings. The van der Waals surface area contributed by atoms with Gasteiger partial charge in [-0.25, -0.2) is 0 Å². The van der Waals surface area contributed by atoms with Gasteiger partial charge in [0.2, 0.25) is 5.91 Å². The van der Waals surface area contributed by atoms with Crippen LogP contribution in [0.4, 0.5) is 0 Å². The molecule has 3 nitrogen and oxygen atoms in total. The number of carbonyl (C=O) groups is 1. The summed E-state index contributed by atoms with van der Waals surface area (Å²) < 4.78 is 0. The third kappa shape index (κ3) is 5.06. The molecule has 108 valence electrons. The molecule has 0 spiro atoms. The highest BCUT2D eigenvalue weighted by atomic mass is 35.5. The van der Waals surface area contributed by atoms with Crippen LogP contribution in [0.15, 0.2) is 60.7 Å². The fraction of sp³-hybridized carbons (Fsp3) is 0.118. The highest BCUT2D eigenvalue weighted by Crippen LogP contribution is 2.12. The van der Waals surface area contributed by atoms with E-state index in [1.165, 1.54) is 6.08 Å². The average molecular weight is 302 g/mol. The van der Waals surface area contributed by atoms with Crippen molar-refractivity contribution in [1.82, 2.24) is 5.32 Å². The lowest BCUT2D eigenvalue weighted by Crippen LogP contribution is -2.26. The van der Waals surface area contributed by atoms with E-state index in [0.717, 1.165) is 11.1 Å². The Balaban J connectivity index is 1.85. The Hall–Kier alpha value is -2.10. The average Bonchev–Trinajstić information content (AvgIpc) is 2.51. The lowest BCUT2D eigenvalue weighted by atomic mass is 10.1. The molecule has 1 unspecified atom stereocenters. The number of rotatable bonds is 5. The largest absolute Gasteiger partial charge is 0.387 e. The highest BCUT2D eigenvalue weighted by molar-refractivity contribution is 6.30. The van der Waals surface area contributed by atoms with E-state index in [4.69, 9.17) is 11.6 Å². The van der Waals surface area contributed by atoms with Crippen LogP contribution in [0.1, 0.15) is 17.2 Å². The van der Waals surface area contributed by atoms with E-state index in [2.05, 4.69) is 5.32 Å². The minimum absolute atomic E-state index is 0.169. The van der Waals surface area contributed by atoms with Crippen LogP contribution >= 0.6 is 11.6 Å². The van der Waals surface area contributed by atoms with Crippen LogP contribution in [0.3, 0.4) is 0 Å². The van der Waals surface area contributed by atoms with E-state index in [1.807, 2.05) is 42.5 Å². The van der Waals surface area contributed by atoms with Crippen LogP contribution in [0.2, 0.25) is 5.02 Å². The maximum Gasteiger partial charge on any atom is 0.244 e. The molecule has 0 saturated carbocycles. The third-order valence-electron chi connectivity index (χ3n) is 2.93. The van der Waals surface area contributed by atoms with Crippen LogP contribution in [0, 0.1) is 0 Å². The van der Waals surface area contributed by atoms with Crippen molar-refractivity contribution in [2.75, 3.05) is 6.54 Å². The van der Waals surface area contributed by atoms with Crippen LogP contribution < -0.4 is 5.32 Å². The first-order valence-corrected chi connectivity index (χ1v) is 6.97. The quantitative estimate of drug-likeness (QED) is 0.833. The summed E-state index contributed by atoms with van der Waals surface area (Å²) in [6.07, 6.45) is 2.38. The molecule has 0 radical (unpaired) electrons. The molecule has 0 aromatic heterocycles. The lowest BCUT2D eigenvalue weighted by molar-refractivity contribution is -0.116. The first-order chi connectivity index (χ1) is 10.1. The van der Waals surface area contributed by atoms with Gasteiger partial charge in [-0.1, -0.05) is 54.1 Å². The van der Waals surface area contributed by atoms with Gasteiger partial charge < -0.3 is 10.4 Å². The van der Waals surface area contributed by atoms with E-state index >= 15 is 0 Å². The van der Waals surface area contributed by atoms with Crippen molar-refractivity contribution >= 4 is 23.6 Å². The molecule has 0 bridgehead atoms. The van der Waals surface area contributed by atoms with Gasteiger partial charge >= 0.3 is 0 Å². The molecule has 2 aromatic rings. The summed E-state index contributed by atoms with van der Waals surface area (Å²) in [6.45, 7) is 0.169. The highest BCUT2D eigenvalue weighted by Gasteiger charge is 2.07. The van der Waals surface area contributed by atoms with Gasteiger partial charge in [0.15, 0.2) is 0 Å². The Labute approximate surface area is 128 Å². The van der Waals surface area contributed by atoms with Crippen molar-refractivity contribution < 1.29 is 9.90 Å². The summed E-state index contributed by atoms with van der Waals surface area (Å²) in [4.78, 5) is 11.7. The molecule has 0 aliphatic heterocycles. The maximum atomic E-state index is 11.7. The fourth-order valence-corrected chi connectivity index (χ4v) is 2.03. The molecular formula is C17H16ClNO2. The molecule has 2 N–H and O–H groups in total. The van der Waals surface area contributed by atoms with Gasteiger partial charge in [-0.05, 0) is 29.3 Å². The molecule has 4 heteroatoms. The zero-order chi connectivity index (χ0) is 15.1. The Morgan fingerprint density at radius 1 is 1.19 bits per heavy atom. The predicted molar refractivity (Wildman–Crippen MR) is 84.9 cm³/mol. The zero-order valence-electron chi connectivity index (χ0n) is 11.4. The van der Waals surface area contributed by atoms with Gasteiger partial charge in [0.05, 0.1) is 6.10 Å². The van der Waals surface area contributed by atoms with Gasteiger partial charge in [0, 0.05) is 17.6 Å². The molecule has 0 aliphatic carbocycles. The SMILES string of the molecule is O=C(/C=C/c1cccc(Cl)c1)NCC(O)c1ccccc1. The van der Waals surface area contributed by atoms with Gasteiger partial charge in [0.25, 0.3) is 0 Å². The minimum Gasteiger partial charge on any atom is -0.387 e. The van der Waals surface area contributed by atoms with E-state index < -0.39 is 6.10 Å². The van der Waals surface area contributed by atoms with E-state index in [-0.39, 0.29) is 12.5 Å². The number of benzene rings is 2. The van der Waals surface area contributed by atoms with E-state index in [1.54, 1.807) is 18.2 Å². The molecule has 0 aliphatic rings. The number of hydrogen-bond donors (Lipinski definition) is 2. The van der Waals surface area contributed by atoms with Gasteiger partial charge in [-0.15, -0.1) is 0 Å². The molecule has 0 heterocycles. The van der Waals surface area contributed by atoms with Gasteiger partial charge in [0.1, 0.15) is 0 Å². The Kier molecular flexibility index (Phi) is 5.55. The summed E-state index contributed by atoms with van der Waals surface area (Å²) in [5.74, 6) is -0.259. The number of aliphatic hydroxyl groups excluding tert-OH is 1. The fourth-order valence-electron chi connectivity index (χ4n) is 1.83. The summed E-state index contributed by atoms with van der Waals surface area (Å²) in [6, 6.07) is 16.4. The second-order valence-corrected chi connectivity index (χ2v) is 5.00. The van der Waals surface area contributed by atoms with Crippen LogP contribution in [-0.4, -0.2) is 17.6 Å². The van der Waals surface area contributed by atoms with Crippen molar-refractivity contribution in [3.05, 3.63) is 76.8 Å². The molecule has 0 saturated heterocycles. The van der Waals surface area contributed by atoms with Crippen LogP contribution in [0.5, 0.6) is 0 Å². The first-order valence-electron chi connectivity index (χ1n) is 6.59. The summed E-state index contributed by atoms with van der Waals surface area (Å²) >= 11 is 5.86. The smallest absolute Gasteiger partial charge is 0.244 e. The number of aliphatic hydroxyl groups is 1. The standard InChI is InChI=1S/C17H16ClNO2/c18-15-8-4-5-13(11-15)9-10-17(21)19-12-16(20)14-6-2-1-3-7-14/h1-11,16,20H,12H2,(H,19,21)/b10-9+. The Morgan fingerprint density at radius 2 is 1.95 bits per heavy atom. The molecular weight excluding hydrogens is 286 g/mol. The molecule has 1 atom stereocenters. The maximum absolute atomic E-state index is 11.7. The third-order valence-corrected chi connectivity index (χ3v) is 3.16. The van der Waals surface area contributed by atoms with Crippen molar-refractivity contribution in [1.29, 1.82) is 0 Å². The number of halogens is 1. The number of hydrogen-bond acceptors (Lipinski definition) is 2. The summed E-state index contributed by atoms with van der Waals surface area (Å²) in [7, 11) is 0. The van der Waals surface area contributed by atoms with Gasteiger partial charge in [-0.2, -0.15) is 0 Å². The summed E-state index contributed by atoms with van der Waals surface area (Å²) in [5.41, 5.74) is 1.62. The Morgan fingerprint density at radius 3 is 2.67 bits per heavy atom. The van der Waals surface area contributed by atoms with E-state index in [9.17, 15) is 9.90 Å². The normalized spacial score (nSPS) is 12.3. The molecule has 1 amide bonds. The second kappa shape index (κ2) is 7.62. The van der Waals surface area contributed by atoms with Crippen LogP contribution in [-0.2, 0) is 4.79 Å². The lowest BCUT2D eigenvalue weighted by Gasteiger charge is -2.10. The molecule has 2 rings (SSSR count). The first kappa shape index (κ1) is 15.3. The van der Waals surface area contributed by atoms with Gasteiger partial charge in [-0.3, -0.25) is 4.79 Å². The minimum atomic E-state index is -0.713. The number of amides is 1.